The number of aliphatic hydroxyl groups is 1. The van der Waals surface area contributed by atoms with Gasteiger partial charge in [-0.1, -0.05) is 6.58 Å². The summed E-state index contributed by atoms with van der Waals surface area (Å²) >= 11 is 0. The number of carboxylic acid groups (broad SMARTS) is 1. The molecule has 0 amide bonds. The van der Waals surface area contributed by atoms with E-state index in [1.165, 1.54) is 7.11 Å². The van der Waals surface area contributed by atoms with Crippen LogP contribution in [0.1, 0.15) is 0 Å². The molecule has 0 bridgehead atoms. The minimum absolute atomic E-state index is 0.0630. The molecule has 0 aromatic rings. The minimum atomic E-state index is -1.51. The van der Waals surface area contributed by atoms with E-state index in [-0.39, 0.29) is 12.2 Å². The second kappa shape index (κ2) is 4.03. The zero-order valence-electron chi connectivity index (χ0n) is 5.70. The molecule has 2 N–H and O–H groups in total. The Kier molecular flexibility index (Phi) is 3.68. The minimum Gasteiger partial charge on any atom is -0.479 e. The SMILES string of the molecule is C=C(COC)C(O)C(=O)O. The average Bonchev–Trinajstić information content (AvgIpc) is 1.87. The fraction of sp³-hybridized carbons (Fsp3) is 0.500. The van der Waals surface area contributed by atoms with Gasteiger partial charge < -0.3 is 14.9 Å². The van der Waals surface area contributed by atoms with E-state index in [4.69, 9.17) is 10.2 Å². The fourth-order valence-corrected chi connectivity index (χ4v) is 0.439. The number of carbonyl (C=O) groups is 1. The van der Waals surface area contributed by atoms with Crippen LogP contribution in [-0.4, -0.2) is 36.0 Å². The van der Waals surface area contributed by atoms with Crippen molar-refractivity contribution in [2.24, 2.45) is 0 Å². The lowest BCUT2D eigenvalue weighted by Crippen LogP contribution is -2.23. The first-order chi connectivity index (χ1) is 4.59. The summed E-state index contributed by atoms with van der Waals surface area (Å²) in [5.41, 5.74) is 0.148. The van der Waals surface area contributed by atoms with Crippen LogP contribution in [0.2, 0.25) is 0 Å². The van der Waals surface area contributed by atoms with E-state index in [0.29, 0.717) is 0 Å². The van der Waals surface area contributed by atoms with Gasteiger partial charge in [0.05, 0.1) is 6.61 Å². The van der Waals surface area contributed by atoms with E-state index in [2.05, 4.69) is 11.3 Å². The predicted molar refractivity (Wildman–Crippen MR) is 34.7 cm³/mol. The summed E-state index contributed by atoms with van der Waals surface area (Å²) in [4.78, 5) is 10.0. The summed E-state index contributed by atoms with van der Waals surface area (Å²) in [6.45, 7) is 3.37. The van der Waals surface area contributed by atoms with Crippen molar-refractivity contribution in [3.63, 3.8) is 0 Å². The third kappa shape index (κ3) is 2.61. The van der Waals surface area contributed by atoms with Crippen molar-refractivity contribution in [3.8, 4) is 0 Å². The maximum atomic E-state index is 10.0. The van der Waals surface area contributed by atoms with Crippen LogP contribution in [0.4, 0.5) is 0 Å². The van der Waals surface area contributed by atoms with Crippen molar-refractivity contribution >= 4 is 5.97 Å². The van der Waals surface area contributed by atoms with Crippen LogP contribution in [0.3, 0.4) is 0 Å². The lowest BCUT2D eigenvalue weighted by Gasteiger charge is -2.06. The number of aliphatic carboxylic acids is 1. The molecule has 4 heteroatoms. The molecule has 0 saturated heterocycles. The molecular weight excluding hydrogens is 136 g/mol. The van der Waals surface area contributed by atoms with Crippen LogP contribution >= 0.6 is 0 Å². The summed E-state index contributed by atoms with van der Waals surface area (Å²) in [5.74, 6) is -1.30. The Labute approximate surface area is 58.7 Å². The van der Waals surface area contributed by atoms with E-state index in [0.717, 1.165) is 0 Å². The molecule has 0 aliphatic rings. The molecule has 0 spiro atoms. The van der Waals surface area contributed by atoms with E-state index < -0.39 is 12.1 Å². The average molecular weight is 146 g/mol. The lowest BCUT2D eigenvalue weighted by molar-refractivity contribution is -0.144. The molecule has 0 aliphatic carbocycles. The van der Waals surface area contributed by atoms with Gasteiger partial charge >= 0.3 is 5.97 Å². The first-order valence-electron chi connectivity index (χ1n) is 2.67. The Morgan fingerprint density at radius 2 is 2.30 bits per heavy atom. The number of rotatable bonds is 4. The van der Waals surface area contributed by atoms with Gasteiger partial charge in [0.25, 0.3) is 0 Å². The van der Waals surface area contributed by atoms with Crippen molar-refractivity contribution in [1.82, 2.24) is 0 Å². The van der Waals surface area contributed by atoms with Gasteiger partial charge in [-0.15, -0.1) is 0 Å². The van der Waals surface area contributed by atoms with Gasteiger partial charge in [-0.2, -0.15) is 0 Å². The summed E-state index contributed by atoms with van der Waals surface area (Å²) in [5, 5.41) is 17.0. The normalized spacial score (nSPS) is 12.6. The zero-order valence-corrected chi connectivity index (χ0v) is 5.70. The van der Waals surface area contributed by atoms with Gasteiger partial charge in [-0.25, -0.2) is 4.79 Å². The van der Waals surface area contributed by atoms with Gasteiger partial charge in [-0.05, 0) is 5.57 Å². The molecule has 58 valence electrons. The highest BCUT2D eigenvalue weighted by Crippen LogP contribution is 1.98. The molecular formula is C6H10O4. The smallest absolute Gasteiger partial charge is 0.336 e. The second-order valence-electron chi connectivity index (χ2n) is 1.83. The van der Waals surface area contributed by atoms with Gasteiger partial charge in [0.1, 0.15) is 0 Å². The van der Waals surface area contributed by atoms with E-state index in [1.54, 1.807) is 0 Å². The predicted octanol–water partition coefficient (Wildman–Crippen LogP) is -0.365. The molecule has 1 unspecified atom stereocenters. The van der Waals surface area contributed by atoms with Crippen LogP contribution in [-0.2, 0) is 9.53 Å². The van der Waals surface area contributed by atoms with Crippen LogP contribution in [0.15, 0.2) is 12.2 Å². The lowest BCUT2D eigenvalue weighted by atomic mass is 10.2. The number of carboxylic acids is 1. The number of hydrogen-bond donors (Lipinski definition) is 2. The fourth-order valence-electron chi connectivity index (χ4n) is 0.439. The highest BCUT2D eigenvalue weighted by molar-refractivity contribution is 5.75. The van der Waals surface area contributed by atoms with Gasteiger partial charge in [0.15, 0.2) is 6.10 Å². The van der Waals surface area contributed by atoms with Crippen molar-refractivity contribution in [3.05, 3.63) is 12.2 Å². The highest BCUT2D eigenvalue weighted by Gasteiger charge is 2.15. The van der Waals surface area contributed by atoms with Crippen molar-refractivity contribution in [2.75, 3.05) is 13.7 Å². The van der Waals surface area contributed by atoms with E-state index in [9.17, 15) is 4.79 Å². The number of aliphatic hydroxyl groups excluding tert-OH is 1. The Morgan fingerprint density at radius 3 is 2.60 bits per heavy atom. The quantitative estimate of drug-likeness (QED) is 0.531. The molecule has 0 radical (unpaired) electrons. The van der Waals surface area contributed by atoms with Crippen molar-refractivity contribution in [2.45, 2.75) is 6.10 Å². The zero-order chi connectivity index (χ0) is 8.15. The first kappa shape index (κ1) is 9.13. The Morgan fingerprint density at radius 1 is 1.80 bits per heavy atom. The molecule has 0 aromatic carbocycles. The molecule has 1 atom stereocenters. The molecule has 10 heavy (non-hydrogen) atoms. The van der Waals surface area contributed by atoms with Crippen molar-refractivity contribution < 1.29 is 19.7 Å². The monoisotopic (exact) mass is 146 g/mol. The maximum Gasteiger partial charge on any atom is 0.336 e. The van der Waals surface area contributed by atoms with Crippen LogP contribution < -0.4 is 0 Å². The standard InChI is InChI=1S/C6H10O4/c1-4(3-10-2)5(7)6(8)9/h5,7H,1,3H2,2H3,(H,8,9). The summed E-state index contributed by atoms with van der Waals surface area (Å²) < 4.78 is 4.55. The molecule has 0 fully saturated rings. The largest absolute Gasteiger partial charge is 0.479 e. The van der Waals surface area contributed by atoms with Crippen LogP contribution in [0.25, 0.3) is 0 Å². The number of ether oxygens (including phenoxy) is 1. The van der Waals surface area contributed by atoms with Gasteiger partial charge in [0.2, 0.25) is 0 Å². The Balaban J connectivity index is 3.82. The van der Waals surface area contributed by atoms with Gasteiger partial charge in [0, 0.05) is 7.11 Å². The molecule has 0 heterocycles. The topological polar surface area (TPSA) is 66.8 Å². The number of hydrogen-bond acceptors (Lipinski definition) is 3. The Hall–Kier alpha value is -0.870. The summed E-state index contributed by atoms with van der Waals surface area (Å²) in [7, 11) is 1.40. The molecule has 4 nitrogen and oxygen atoms in total. The van der Waals surface area contributed by atoms with Crippen LogP contribution in [0, 0.1) is 0 Å². The Bertz CT molecular complexity index is 141. The summed E-state index contributed by atoms with van der Waals surface area (Å²) in [6.07, 6.45) is -1.51. The third-order valence-corrected chi connectivity index (χ3v) is 0.950. The first-order valence-corrected chi connectivity index (χ1v) is 2.67. The maximum absolute atomic E-state index is 10.0. The molecule has 0 aliphatic heterocycles. The third-order valence-electron chi connectivity index (χ3n) is 0.950. The van der Waals surface area contributed by atoms with Crippen molar-refractivity contribution in [1.29, 1.82) is 0 Å². The second-order valence-corrected chi connectivity index (χ2v) is 1.83. The molecule has 0 saturated carbocycles. The highest BCUT2D eigenvalue weighted by atomic mass is 16.5. The van der Waals surface area contributed by atoms with E-state index in [1.807, 2.05) is 0 Å². The van der Waals surface area contributed by atoms with Gasteiger partial charge in [-0.3, -0.25) is 0 Å². The molecule has 0 rings (SSSR count). The van der Waals surface area contributed by atoms with E-state index >= 15 is 0 Å². The number of methoxy groups -OCH3 is 1. The van der Waals surface area contributed by atoms with Crippen LogP contribution in [0.5, 0.6) is 0 Å². The summed E-state index contributed by atoms with van der Waals surface area (Å²) in [6, 6.07) is 0. The molecule has 0 aromatic heterocycles.